The van der Waals surface area contributed by atoms with E-state index in [4.69, 9.17) is 16.6 Å². The molecular formula is C13H25N5O6. The van der Waals surface area contributed by atoms with Crippen molar-refractivity contribution in [2.45, 2.75) is 31.3 Å². The third-order valence-corrected chi connectivity index (χ3v) is 3.03. The number of rotatable bonds is 12. The van der Waals surface area contributed by atoms with E-state index >= 15 is 0 Å². The Morgan fingerprint density at radius 1 is 0.958 bits per heavy atom. The maximum Gasteiger partial charge on any atom is 0.326 e. The Kier molecular flexibility index (Phi) is 11.1. The van der Waals surface area contributed by atoms with Gasteiger partial charge in [0.15, 0.2) is 0 Å². The number of aliphatic hydroxyl groups is 1. The van der Waals surface area contributed by atoms with Crippen LogP contribution in [0.2, 0.25) is 0 Å². The molecule has 11 nitrogen and oxygen atoms in total. The minimum atomic E-state index is -1.33. The summed E-state index contributed by atoms with van der Waals surface area (Å²) in [6.07, 6.45) is 1.30. The van der Waals surface area contributed by atoms with E-state index in [1.165, 1.54) is 0 Å². The maximum atomic E-state index is 12.0. The van der Waals surface area contributed by atoms with Gasteiger partial charge in [-0.1, -0.05) is 0 Å². The van der Waals surface area contributed by atoms with Gasteiger partial charge < -0.3 is 37.6 Å². The summed E-state index contributed by atoms with van der Waals surface area (Å²) in [7, 11) is 0. The van der Waals surface area contributed by atoms with Crippen LogP contribution >= 0.6 is 0 Å². The summed E-state index contributed by atoms with van der Waals surface area (Å²) >= 11 is 0. The van der Waals surface area contributed by atoms with Crippen LogP contribution in [0.25, 0.3) is 0 Å². The zero-order valence-corrected chi connectivity index (χ0v) is 13.3. The number of hydrogen-bond donors (Lipinski definition) is 7. The maximum absolute atomic E-state index is 12.0. The molecule has 0 aromatic rings. The molecule has 0 aliphatic rings. The van der Waals surface area contributed by atoms with Crippen molar-refractivity contribution in [2.24, 2.45) is 11.5 Å². The molecule has 24 heavy (non-hydrogen) atoms. The third kappa shape index (κ3) is 9.02. The van der Waals surface area contributed by atoms with E-state index in [0.717, 1.165) is 0 Å². The SMILES string of the molecule is NCCCCC(NC(=O)C(CO)NC(=O)CNC(=O)CN)C(=O)O. The number of carbonyl (C=O) groups excluding carboxylic acids is 3. The number of amides is 3. The number of aliphatic hydroxyl groups excluding tert-OH is 1. The van der Waals surface area contributed by atoms with Crippen molar-refractivity contribution in [2.75, 3.05) is 26.2 Å². The van der Waals surface area contributed by atoms with E-state index in [0.29, 0.717) is 19.4 Å². The fraction of sp³-hybridized carbons (Fsp3) is 0.692. The Labute approximate surface area is 139 Å². The van der Waals surface area contributed by atoms with E-state index in [2.05, 4.69) is 16.0 Å². The lowest BCUT2D eigenvalue weighted by Crippen LogP contribution is -2.54. The molecule has 2 unspecified atom stereocenters. The Hall–Kier alpha value is -2.24. The van der Waals surface area contributed by atoms with Gasteiger partial charge in [-0.2, -0.15) is 0 Å². The average molecular weight is 347 g/mol. The number of hydrogen-bond acceptors (Lipinski definition) is 7. The van der Waals surface area contributed by atoms with Crippen molar-refractivity contribution < 1.29 is 29.4 Å². The predicted molar refractivity (Wildman–Crippen MR) is 83.6 cm³/mol. The Morgan fingerprint density at radius 2 is 1.62 bits per heavy atom. The van der Waals surface area contributed by atoms with E-state index in [1.807, 2.05) is 0 Å². The molecule has 3 amide bonds. The monoisotopic (exact) mass is 347 g/mol. The molecule has 0 spiro atoms. The van der Waals surface area contributed by atoms with Gasteiger partial charge >= 0.3 is 5.97 Å². The van der Waals surface area contributed by atoms with Crippen molar-refractivity contribution in [1.82, 2.24) is 16.0 Å². The molecule has 0 aromatic heterocycles. The standard InChI is InChI=1S/C13H25N5O6/c14-4-2-1-3-8(13(23)24)18-12(22)9(7-19)17-11(21)6-16-10(20)5-15/h8-9,19H,1-7,14-15H2,(H,16,20)(H,17,21)(H,18,22)(H,23,24). The number of carbonyl (C=O) groups is 4. The molecule has 0 bridgehead atoms. The van der Waals surface area contributed by atoms with Gasteiger partial charge in [-0.05, 0) is 25.8 Å². The van der Waals surface area contributed by atoms with Gasteiger partial charge in [0.1, 0.15) is 12.1 Å². The van der Waals surface area contributed by atoms with Gasteiger partial charge in [-0.25, -0.2) is 4.79 Å². The Morgan fingerprint density at radius 3 is 2.12 bits per heavy atom. The summed E-state index contributed by atoms with van der Waals surface area (Å²) in [6, 6.07) is -2.48. The number of unbranched alkanes of at least 4 members (excludes halogenated alkanes) is 1. The van der Waals surface area contributed by atoms with E-state index in [1.54, 1.807) is 0 Å². The number of carboxylic acids is 1. The molecule has 0 aliphatic heterocycles. The number of carboxylic acid groups (broad SMARTS) is 1. The lowest BCUT2D eigenvalue weighted by molar-refractivity contribution is -0.142. The van der Waals surface area contributed by atoms with Gasteiger partial charge in [-0.15, -0.1) is 0 Å². The first-order chi connectivity index (χ1) is 11.3. The van der Waals surface area contributed by atoms with Crippen molar-refractivity contribution in [3.8, 4) is 0 Å². The van der Waals surface area contributed by atoms with Crippen molar-refractivity contribution in [1.29, 1.82) is 0 Å². The molecule has 0 heterocycles. The van der Waals surface area contributed by atoms with Crippen LogP contribution in [-0.2, 0) is 19.2 Å². The molecule has 0 saturated carbocycles. The topological polar surface area (TPSA) is 197 Å². The average Bonchev–Trinajstić information content (AvgIpc) is 2.56. The first-order valence-electron chi connectivity index (χ1n) is 7.45. The van der Waals surface area contributed by atoms with Crippen LogP contribution in [0.5, 0.6) is 0 Å². The van der Waals surface area contributed by atoms with Crippen LogP contribution in [-0.4, -0.2) is 72.2 Å². The van der Waals surface area contributed by atoms with Gasteiger partial charge in [0, 0.05) is 0 Å². The highest BCUT2D eigenvalue weighted by Gasteiger charge is 2.25. The van der Waals surface area contributed by atoms with Crippen LogP contribution < -0.4 is 27.4 Å². The summed E-state index contributed by atoms with van der Waals surface area (Å²) in [5.74, 6) is -3.34. The molecule has 0 rings (SSSR count). The molecule has 0 aliphatic carbocycles. The Bertz CT molecular complexity index is 445. The van der Waals surface area contributed by atoms with Crippen LogP contribution in [0.15, 0.2) is 0 Å². The van der Waals surface area contributed by atoms with E-state index < -0.39 is 48.9 Å². The minimum Gasteiger partial charge on any atom is -0.480 e. The molecule has 138 valence electrons. The number of aliphatic carboxylic acids is 1. The molecule has 0 radical (unpaired) electrons. The first kappa shape index (κ1) is 21.8. The van der Waals surface area contributed by atoms with Gasteiger partial charge in [0.2, 0.25) is 17.7 Å². The highest BCUT2D eigenvalue weighted by Crippen LogP contribution is 2.01. The van der Waals surface area contributed by atoms with E-state index in [9.17, 15) is 24.3 Å². The summed E-state index contributed by atoms with van der Waals surface area (Å²) in [5.41, 5.74) is 10.4. The predicted octanol–water partition coefficient (Wildman–Crippen LogP) is -3.76. The summed E-state index contributed by atoms with van der Waals surface area (Å²) in [6.45, 7) is -1.03. The second kappa shape index (κ2) is 12.2. The highest BCUT2D eigenvalue weighted by atomic mass is 16.4. The van der Waals surface area contributed by atoms with Crippen LogP contribution in [0.3, 0.4) is 0 Å². The second-order valence-electron chi connectivity index (χ2n) is 4.97. The smallest absolute Gasteiger partial charge is 0.326 e. The molecule has 0 fully saturated rings. The van der Waals surface area contributed by atoms with E-state index in [-0.39, 0.29) is 13.0 Å². The molecular weight excluding hydrogens is 322 g/mol. The molecule has 0 saturated heterocycles. The molecule has 11 heteroatoms. The molecule has 0 aromatic carbocycles. The largest absolute Gasteiger partial charge is 0.480 e. The normalized spacial score (nSPS) is 12.8. The van der Waals surface area contributed by atoms with Crippen molar-refractivity contribution >= 4 is 23.7 Å². The highest BCUT2D eigenvalue weighted by molar-refractivity contribution is 5.92. The lowest BCUT2D eigenvalue weighted by Gasteiger charge is -2.20. The summed E-state index contributed by atoms with van der Waals surface area (Å²) in [5, 5.41) is 24.9. The quantitative estimate of drug-likeness (QED) is 0.175. The van der Waals surface area contributed by atoms with Gasteiger partial charge in [0.25, 0.3) is 0 Å². The van der Waals surface area contributed by atoms with Crippen LogP contribution in [0, 0.1) is 0 Å². The third-order valence-electron chi connectivity index (χ3n) is 3.03. The molecule has 2 atom stereocenters. The fourth-order valence-corrected chi connectivity index (χ4v) is 1.71. The van der Waals surface area contributed by atoms with Gasteiger partial charge in [-0.3, -0.25) is 14.4 Å². The zero-order chi connectivity index (χ0) is 18.5. The second-order valence-corrected chi connectivity index (χ2v) is 4.97. The molecule has 9 N–H and O–H groups in total. The summed E-state index contributed by atoms with van der Waals surface area (Å²) < 4.78 is 0. The fourth-order valence-electron chi connectivity index (χ4n) is 1.71. The Balaban J connectivity index is 4.51. The van der Waals surface area contributed by atoms with Crippen molar-refractivity contribution in [3.05, 3.63) is 0 Å². The van der Waals surface area contributed by atoms with Crippen LogP contribution in [0.1, 0.15) is 19.3 Å². The minimum absolute atomic E-state index is 0.178. The van der Waals surface area contributed by atoms with Gasteiger partial charge in [0.05, 0.1) is 19.7 Å². The lowest BCUT2D eigenvalue weighted by atomic mass is 10.1. The first-order valence-corrected chi connectivity index (χ1v) is 7.45. The number of nitrogens with two attached hydrogens (primary N) is 2. The van der Waals surface area contributed by atoms with Crippen molar-refractivity contribution in [3.63, 3.8) is 0 Å². The number of nitrogens with one attached hydrogen (secondary N) is 3. The zero-order valence-electron chi connectivity index (χ0n) is 13.3. The van der Waals surface area contributed by atoms with Crippen LogP contribution in [0.4, 0.5) is 0 Å². The summed E-state index contributed by atoms with van der Waals surface area (Å²) in [4.78, 5) is 45.6.